The third kappa shape index (κ3) is 4.09. The van der Waals surface area contributed by atoms with Crippen LogP contribution in [0.15, 0.2) is 6.07 Å². The number of aryl methyl sites for hydroxylation is 1. The van der Waals surface area contributed by atoms with Gasteiger partial charge in [-0.1, -0.05) is 33.1 Å². The SMILES string of the molecule is CCNc1cc(NC2CCCC(CC)C2)nc(CC)n1. The van der Waals surface area contributed by atoms with Crippen LogP contribution < -0.4 is 10.6 Å². The summed E-state index contributed by atoms with van der Waals surface area (Å²) in [6, 6.07) is 2.61. The first kappa shape index (κ1) is 15.1. The van der Waals surface area contributed by atoms with Crippen molar-refractivity contribution < 1.29 is 0 Å². The zero-order chi connectivity index (χ0) is 14.4. The molecule has 1 heterocycles. The quantitative estimate of drug-likeness (QED) is 0.828. The van der Waals surface area contributed by atoms with Gasteiger partial charge in [0, 0.05) is 25.1 Å². The van der Waals surface area contributed by atoms with Gasteiger partial charge in [0.1, 0.15) is 17.5 Å². The summed E-state index contributed by atoms with van der Waals surface area (Å²) in [5.41, 5.74) is 0. The first-order valence-corrected chi connectivity index (χ1v) is 8.13. The Kier molecular flexibility index (Phi) is 5.62. The number of aromatic nitrogens is 2. The van der Waals surface area contributed by atoms with Crippen molar-refractivity contribution in [2.75, 3.05) is 17.2 Å². The smallest absolute Gasteiger partial charge is 0.132 e. The monoisotopic (exact) mass is 276 g/mol. The van der Waals surface area contributed by atoms with Crippen molar-refractivity contribution in [1.82, 2.24) is 9.97 Å². The van der Waals surface area contributed by atoms with Gasteiger partial charge in [0.05, 0.1) is 0 Å². The maximum absolute atomic E-state index is 4.62. The molecule has 0 aliphatic heterocycles. The fraction of sp³-hybridized carbons (Fsp3) is 0.750. The van der Waals surface area contributed by atoms with E-state index in [1.54, 1.807) is 0 Å². The summed E-state index contributed by atoms with van der Waals surface area (Å²) >= 11 is 0. The van der Waals surface area contributed by atoms with Crippen LogP contribution >= 0.6 is 0 Å². The highest BCUT2D eigenvalue weighted by atomic mass is 15.1. The Balaban J connectivity index is 2.05. The molecule has 4 nitrogen and oxygen atoms in total. The van der Waals surface area contributed by atoms with Gasteiger partial charge < -0.3 is 10.6 Å². The van der Waals surface area contributed by atoms with E-state index in [4.69, 9.17) is 0 Å². The summed E-state index contributed by atoms with van der Waals surface area (Å²) in [7, 11) is 0. The van der Waals surface area contributed by atoms with E-state index in [9.17, 15) is 0 Å². The van der Waals surface area contributed by atoms with Crippen LogP contribution in [0.2, 0.25) is 0 Å². The Morgan fingerprint density at radius 3 is 2.65 bits per heavy atom. The molecule has 1 aliphatic carbocycles. The topological polar surface area (TPSA) is 49.8 Å². The molecular weight excluding hydrogens is 248 g/mol. The van der Waals surface area contributed by atoms with E-state index >= 15 is 0 Å². The minimum Gasteiger partial charge on any atom is -0.370 e. The number of nitrogens with one attached hydrogen (secondary N) is 2. The molecule has 1 aromatic rings. The summed E-state index contributed by atoms with van der Waals surface area (Å²) in [6.07, 6.45) is 7.43. The molecule has 1 aliphatic rings. The van der Waals surface area contributed by atoms with E-state index < -0.39 is 0 Å². The highest BCUT2D eigenvalue weighted by Gasteiger charge is 2.21. The molecule has 2 rings (SSSR count). The van der Waals surface area contributed by atoms with Crippen molar-refractivity contribution >= 4 is 11.6 Å². The van der Waals surface area contributed by atoms with E-state index in [1.807, 2.05) is 6.07 Å². The van der Waals surface area contributed by atoms with Crippen molar-refractivity contribution in [3.05, 3.63) is 11.9 Å². The number of hydrogen-bond acceptors (Lipinski definition) is 4. The largest absolute Gasteiger partial charge is 0.370 e. The Morgan fingerprint density at radius 1 is 1.15 bits per heavy atom. The third-order valence-electron chi connectivity index (χ3n) is 4.16. The molecule has 0 bridgehead atoms. The number of anilines is 2. The minimum absolute atomic E-state index is 0.572. The molecule has 0 radical (unpaired) electrons. The van der Waals surface area contributed by atoms with Gasteiger partial charge in [0.15, 0.2) is 0 Å². The Bertz CT molecular complexity index is 419. The fourth-order valence-corrected chi connectivity index (χ4v) is 3.00. The van der Waals surface area contributed by atoms with Gasteiger partial charge in [-0.05, 0) is 25.7 Å². The van der Waals surface area contributed by atoms with Crippen LogP contribution in [0.25, 0.3) is 0 Å². The normalized spacial score (nSPS) is 22.6. The highest BCUT2D eigenvalue weighted by molar-refractivity contribution is 5.48. The Morgan fingerprint density at radius 2 is 1.95 bits per heavy atom. The second-order valence-electron chi connectivity index (χ2n) is 5.72. The minimum atomic E-state index is 0.572. The number of nitrogens with zero attached hydrogens (tertiary/aromatic N) is 2. The molecule has 112 valence electrons. The van der Waals surface area contributed by atoms with E-state index in [1.165, 1.54) is 32.1 Å². The van der Waals surface area contributed by atoms with Crippen LogP contribution in [0, 0.1) is 5.92 Å². The first-order chi connectivity index (χ1) is 9.75. The lowest BCUT2D eigenvalue weighted by atomic mass is 9.84. The second-order valence-corrected chi connectivity index (χ2v) is 5.72. The van der Waals surface area contributed by atoms with Gasteiger partial charge in [-0.3, -0.25) is 0 Å². The summed E-state index contributed by atoms with van der Waals surface area (Å²) in [5, 5.41) is 6.92. The molecule has 0 saturated heterocycles. The molecule has 4 heteroatoms. The lowest BCUT2D eigenvalue weighted by molar-refractivity contribution is 0.327. The van der Waals surface area contributed by atoms with Gasteiger partial charge in [0.25, 0.3) is 0 Å². The van der Waals surface area contributed by atoms with Crippen LogP contribution in [0.4, 0.5) is 11.6 Å². The van der Waals surface area contributed by atoms with Crippen LogP contribution in [-0.4, -0.2) is 22.6 Å². The van der Waals surface area contributed by atoms with Crippen molar-refractivity contribution in [2.45, 2.75) is 65.3 Å². The first-order valence-electron chi connectivity index (χ1n) is 8.13. The molecule has 0 amide bonds. The standard InChI is InChI=1S/C16H28N4/c1-4-12-8-7-9-13(10-12)18-16-11-15(17-6-3)19-14(5-2)20-16/h11-13H,4-10H2,1-3H3,(H2,17,18,19,20). The highest BCUT2D eigenvalue weighted by Crippen LogP contribution is 2.28. The molecule has 20 heavy (non-hydrogen) atoms. The maximum Gasteiger partial charge on any atom is 0.132 e. The molecule has 1 saturated carbocycles. The van der Waals surface area contributed by atoms with Crippen molar-refractivity contribution in [3.63, 3.8) is 0 Å². The molecule has 2 unspecified atom stereocenters. The average Bonchev–Trinajstić information content (AvgIpc) is 2.47. The van der Waals surface area contributed by atoms with E-state index in [-0.39, 0.29) is 0 Å². The fourth-order valence-electron chi connectivity index (χ4n) is 3.00. The van der Waals surface area contributed by atoms with E-state index in [2.05, 4.69) is 41.4 Å². The summed E-state index contributed by atoms with van der Waals surface area (Å²) in [6.45, 7) is 7.38. The van der Waals surface area contributed by atoms with Gasteiger partial charge in [0.2, 0.25) is 0 Å². The molecule has 1 aromatic heterocycles. The summed E-state index contributed by atoms with van der Waals surface area (Å²) < 4.78 is 0. The predicted molar refractivity (Wildman–Crippen MR) is 85.2 cm³/mol. The van der Waals surface area contributed by atoms with Gasteiger partial charge in [-0.2, -0.15) is 0 Å². The molecule has 2 atom stereocenters. The summed E-state index contributed by atoms with van der Waals surface area (Å²) in [4.78, 5) is 9.12. The van der Waals surface area contributed by atoms with Gasteiger partial charge >= 0.3 is 0 Å². The Hall–Kier alpha value is -1.32. The Labute approximate surface area is 122 Å². The number of rotatable bonds is 6. The molecule has 0 spiro atoms. The van der Waals surface area contributed by atoms with Crippen LogP contribution in [0.3, 0.4) is 0 Å². The predicted octanol–water partition coefficient (Wildman–Crippen LogP) is 3.85. The van der Waals surface area contributed by atoms with E-state index in [0.717, 1.165) is 36.3 Å². The van der Waals surface area contributed by atoms with Crippen LogP contribution in [0.1, 0.15) is 58.7 Å². The summed E-state index contributed by atoms with van der Waals surface area (Å²) in [5.74, 6) is 3.70. The second kappa shape index (κ2) is 7.46. The molecule has 0 aromatic carbocycles. The van der Waals surface area contributed by atoms with Gasteiger partial charge in [-0.25, -0.2) is 9.97 Å². The van der Waals surface area contributed by atoms with Crippen LogP contribution in [0.5, 0.6) is 0 Å². The van der Waals surface area contributed by atoms with Crippen molar-refractivity contribution in [1.29, 1.82) is 0 Å². The third-order valence-corrected chi connectivity index (χ3v) is 4.16. The zero-order valence-corrected chi connectivity index (χ0v) is 13.1. The van der Waals surface area contributed by atoms with Gasteiger partial charge in [-0.15, -0.1) is 0 Å². The zero-order valence-electron chi connectivity index (χ0n) is 13.1. The average molecular weight is 276 g/mol. The molecular formula is C16H28N4. The lowest BCUT2D eigenvalue weighted by Crippen LogP contribution is -2.27. The van der Waals surface area contributed by atoms with E-state index in [0.29, 0.717) is 6.04 Å². The molecule has 1 fully saturated rings. The number of hydrogen-bond donors (Lipinski definition) is 2. The van der Waals surface area contributed by atoms with Crippen LogP contribution in [-0.2, 0) is 6.42 Å². The van der Waals surface area contributed by atoms with Crippen molar-refractivity contribution in [2.24, 2.45) is 5.92 Å². The molecule has 2 N–H and O–H groups in total. The lowest BCUT2D eigenvalue weighted by Gasteiger charge is -2.29. The maximum atomic E-state index is 4.62. The van der Waals surface area contributed by atoms with Crippen molar-refractivity contribution in [3.8, 4) is 0 Å².